The molecular weight excluding hydrogens is 214 g/mol. The highest BCUT2D eigenvalue weighted by Crippen LogP contribution is 2.23. The number of hydrogen-bond acceptors (Lipinski definition) is 2. The maximum Gasteiger partial charge on any atom is 0.336 e. The van der Waals surface area contributed by atoms with Crippen molar-refractivity contribution >= 4 is 5.97 Å². The second kappa shape index (κ2) is 4.78. The molecule has 0 unspecified atom stereocenters. The molecule has 0 fully saturated rings. The third-order valence-electron chi connectivity index (χ3n) is 2.72. The van der Waals surface area contributed by atoms with Crippen LogP contribution in [0.2, 0.25) is 0 Å². The molecule has 17 heavy (non-hydrogen) atoms. The van der Waals surface area contributed by atoms with Crippen molar-refractivity contribution in [1.29, 1.82) is 0 Å². The van der Waals surface area contributed by atoms with Crippen LogP contribution in [0.5, 0.6) is 0 Å². The summed E-state index contributed by atoms with van der Waals surface area (Å²) in [6, 6.07) is 9.40. The lowest BCUT2D eigenvalue weighted by Crippen LogP contribution is -1.99. The van der Waals surface area contributed by atoms with E-state index in [1.807, 2.05) is 24.3 Å². The van der Waals surface area contributed by atoms with Gasteiger partial charge in [0.1, 0.15) is 0 Å². The Balaban J connectivity index is 2.48. The smallest absolute Gasteiger partial charge is 0.336 e. The summed E-state index contributed by atoms with van der Waals surface area (Å²) in [6.45, 7) is 2.09. The topological polar surface area (TPSA) is 50.2 Å². The molecule has 86 valence electrons. The third-order valence-corrected chi connectivity index (χ3v) is 2.72. The van der Waals surface area contributed by atoms with Gasteiger partial charge in [0.05, 0.1) is 5.56 Å². The van der Waals surface area contributed by atoms with Gasteiger partial charge < -0.3 is 5.11 Å². The number of aromatic nitrogens is 1. The van der Waals surface area contributed by atoms with Crippen molar-refractivity contribution < 1.29 is 9.90 Å². The molecule has 2 aromatic rings. The molecule has 1 N–H and O–H groups in total. The summed E-state index contributed by atoms with van der Waals surface area (Å²) in [5.41, 5.74) is 3.05. The fraction of sp³-hybridized carbons (Fsp3) is 0.143. The normalized spacial score (nSPS) is 10.2. The molecule has 0 saturated heterocycles. The summed E-state index contributed by atoms with van der Waals surface area (Å²) in [7, 11) is 0. The number of aryl methyl sites for hydroxylation is 1. The van der Waals surface area contributed by atoms with Crippen molar-refractivity contribution in [3.8, 4) is 11.1 Å². The molecule has 0 spiro atoms. The molecule has 0 aliphatic heterocycles. The van der Waals surface area contributed by atoms with Crippen LogP contribution in [0.15, 0.2) is 42.7 Å². The predicted molar refractivity (Wildman–Crippen MR) is 66.0 cm³/mol. The zero-order valence-electron chi connectivity index (χ0n) is 9.55. The Hall–Kier alpha value is -2.16. The zero-order valence-corrected chi connectivity index (χ0v) is 9.55. The second-order valence-electron chi connectivity index (χ2n) is 3.78. The SMILES string of the molecule is CCc1ccc(-c2cnccc2C(=O)O)cc1. The van der Waals surface area contributed by atoms with Crippen molar-refractivity contribution in [1.82, 2.24) is 4.98 Å². The summed E-state index contributed by atoms with van der Waals surface area (Å²) in [5, 5.41) is 9.10. The zero-order chi connectivity index (χ0) is 12.3. The molecule has 0 bridgehead atoms. The summed E-state index contributed by atoms with van der Waals surface area (Å²) < 4.78 is 0. The Labute approximate surface area is 99.8 Å². The molecule has 0 radical (unpaired) electrons. The van der Waals surface area contributed by atoms with Gasteiger partial charge in [0.15, 0.2) is 0 Å². The molecule has 0 aliphatic rings. The van der Waals surface area contributed by atoms with E-state index in [0.717, 1.165) is 12.0 Å². The maximum atomic E-state index is 11.1. The van der Waals surface area contributed by atoms with Crippen molar-refractivity contribution in [3.63, 3.8) is 0 Å². The largest absolute Gasteiger partial charge is 0.478 e. The number of carboxylic acid groups (broad SMARTS) is 1. The highest BCUT2D eigenvalue weighted by Gasteiger charge is 2.10. The van der Waals surface area contributed by atoms with E-state index in [1.165, 1.54) is 17.8 Å². The molecular formula is C14H13NO2. The fourth-order valence-corrected chi connectivity index (χ4v) is 1.73. The van der Waals surface area contributed by atoms with E-state index in [2.05, 4.69) is 11.9 Å². The summed E-state index contributed by atoms with van der Waals surface area (Å²) in [6.07, 6.45) is 4.05. The highest BCUT2D eigenvalue weighted by molar-refractivity contribution is 5.95. The Morgan fingerprint density at radius 2 is 1.94 bits per heavy atom. The van der Waals surface area contributed by atoms with E-state index in [4.69, 9.17) is 5.11 Å². The number of carbonyl (C=O) groups is 1. The minimum absolute atomic E-state index is 0.282. The van der Waals surface area contributed by atoms with Crippen LogP contribution in [0.4, 0.5) is 0 Å². The van der Waals surface area contributed by atoms with E-state index >= 15 is 0 Å². The van der Waals surface area contributed by atoms with E-state index in [0.29, 0.717) is 5.56 Å². The molecule has 0 amide bonds. The summed E-state index contributed by atoms with van der Waals surface area (Å²) in [5.74, 6) is -0.929. The monoisotopic (exact) mass is 227 g/mol. The molecule has 3 heteroatoms. The molecule has 0 saturated carbocycles. The van der Waals surface area contributed by atoms with Gasteiger partial charge in [-0.3, -0.25) is 4.98 Å². The van der Waals surface area contributed by atoms with Gasteiger partial charge >= 0.3 is 5.97 Å². The molecule has 0 atom stereocenters. The summed E-state index contributed by atoms with van der Waals surface area (Å²) in [4.78, 5) is 15.1. The molecule has 1 aromatic heterocycles. The van der Waals surface area contributed by atoms with Crippen LogP contribution >= 0.6 is 0 Å². The van der Waals surface area contributed by atoms with Gasteiger partial charge in [-0.05, 0) is 23.6 Å². The summed E-state index contributed by atoms with van der Waals surface area (Å²) >= 11 is 0. The first-order valence-corrected chi connectivity index (χ1v) is 5.49. The first-order chi connectivity index (χ1) is 8.22. The van der Waals surface area contributed by atoms with Crippen LogP contribution in [0, 0.1) is 0 Å². The number of hydrogen-bond donors (Lipinski definition) is 1. The van der Waals surface area contributed by atoms with Crippen LogP contribution in [0.25, 0.3) is 11.1 Å². The van der Waals surface area contributed by atoms with Crippen molar-refractivity contribution in [3.05, 3.63) is 53.9 Å². The number of rotatable bonds is 3. The van der Waals surface area contributed by atoms with Gasteiger partial charge in [0, 0.05) is 18.0 Å². The minimum atomic E-state index is -0.929. The Bertz CT molecular complexity index is 532. The van der Waals surface area contributed by atoms with Crippen LogP contribution in [-0.2, 0) is 6.42 Å². The van der Waals surface area contributed by atoms with Crippen molar-refractivity contribution in [2.24, 2.45) is 0 Å². The van der Waals surface area contributed by atoms with Crippen LogP contribution in [-0.4, -0.2) is 16.1 Å². The first-order valence-electron chi connectivity index (χ1n) is 5.49. The van der Waals surface area contributed by atoms with Crippen LogP contribution in [0.3, 0.4) is 0 Å². The highest BCUT2D eigenvalue weighted by atomic mass is 16.4. The number of aromatic carboxylic acids is 1. The lowest BCUT2D eigenvalue weighted by atomic mass is 10.0. The molecule has 1 aromatic carbocycles. The lowest BCUT2D eigenvalue weighted by Gasteiger charge is -2.06. The average Bonchev–Trinajstić information content (AvgIpc) is 2.39. The minimum Gasteiger partial charge on any atom is -0.478 e. The maximum absolute atomic E-state index is 11.1. The number of nitrogens with zero attached hydrogens (tertiary/aromatic N) is 1. The van der Waals surface area contributed by atoms with E-state index in [-0.39, 0.29) is 5.56 Å². The number of carboxylic acids is 1. The molecule has 0 aliphatic carbocycles. The molecule has 2 rings (SSSR count). The lowest BCUT2D eigenvalue weighted by molar-refractivity contribution is 0.0697. The number of pyridine rings is 1. The van der Waals surface area contributed by atoms with Crippen molar-refractivity contribution in [2.75, 3.05) is 0 Å². The Morgan fingerprint density at radius 3 is 2.53 bits per heavy atom. The van der Waals surface area contributed by atoms with Crippen LogP contribution in [0.1, 0.15) is 22.8 Å². The molecule has 1 heterocycles. The standard InChI is InChI=1S/C14H13NO2/c1-2-10-3-5-11(6-4-10)13-9-15-8-7-12(13)14(16)17/h3-9H,2H2,1H3,(H,16,17). The van der Waals surface area contributed by atoms with Gasteiger partial charge in [0.25, 0.3) is 0 Å². The third kappa shape index (κ3) is 2.33. The van der Waals surface area contributed by atoms with Gasteiger partial charge in [-0.1, -0.05) is 31.2 Å². The van der Waals surface area contributed by atoms with E-state index < -0.39 is 5.97 Å². The Morgan fingerprint density at radius 1 is 1.24 bits per heavy atom. The predicted octanol–water partition coefficient (Wildman–Crippen LogP) is 3.01. The van der Waals surface area contributed by atoms with Gasteiger partial charge in [-0.25, -0.2) is 4.79 Å². The Kier molecular flexibility index (Phi) is 3.19. The first kappa shape index (κ1) is 11.3. The van der Waals surface area contributed by atoms with E-state index in [1.54, 1.807) is 6.20 Å². The van der Waals surface area contributed by atoms with Gasteiger partial charge in [-0.15, -0.1) is 0 Å². The van der Waals surface area contributed by atoms with Crippen molar-refractivity contribution in [2.45, 2.75) is 13.3 Å². The average molecular weight is 227 g/mol. The van der Waals surface area contributed by atoms with E-state index in [9.17, 15) is 4.79 Å². The van der Waals surface area contributed by atoms with Gasteiger partial charge in [0.2, 0.25) is 0 Å². The van der Waals surface area contributed by atoms with Crippen LogP contribution < -0.4 is 0 Å². The fourth-order valence-electron chi connectivity index (χ4n) is 1.73. The second-order valence-corrected chi connectivity index (χ2v) is 3.78. The molecule has 3 nitrogen and oxygen atoms in total. The quantitative estimate of drug-likeness (QED) is 0.876. The number of benzene rings is 1. The van der Waals surface area contributed by atoms with Gasteiger partial charge in [-0.2, -0.15) is 0 Å².